The molecule has 1 unspecified atom stereocenters. The van der Waals surface area contributed by atoms with Crippen molar-refractivity contribution in [2.45, 2.75) is 31.7 Å². The van der Waals surface area contributed by atoms with Crippen LogP contribution in [-0.2, 0) is 22.6 Å². The van der Waals surface area contributed by atoms with E-state index in [1.54, 1.807) is 24.2 Å². The van der Waals surface area contributed by atoms with Gasteiger partial charge in [0.25, 0.3) is 0 Å². The summed E-state index contributed by atoms with van der Waals surface area (Å²) in [6, 6.07) is 15.5. The van der Waals surface area contributed by atoms with Crippen LogP contribution in [0.2, 0.25) is 5.02 Å². The van der Waals surface area contributed by atoms with Gasteiger partial charge in [0.2, 0.25) is 11.8 Å². The lowest BCUT2D eigenvalue weighted by atomic mass is 9.98. The highest BCUT2D eigenvalue weighted by Gasteiger charge is 2.28. The van der Waals surface area contributed by atoms with E-state index in [1.807, 2.05) is 53.4 Å². The first-order valence-corrected chi connectivity index (χ1v) is 11.4. The second-order valence-electron chi connectivity index (χ2n) is 8.13. The number of carbonyl (C=O) groups is 2. The lowest BCUT2D eigenvalue weighted by molar-refractivity contribution is -0.131. The summed E-state index contributed by atoms with van der Waals surface area (Å²) in [5, 5.41) is 7.82. The zero-order valence-electron chi connectivity index (χ0n) is 18.5. The van der Waals surface area contributed by atoms with Gasteiger partial charge in [-0.3, -0.25) is 14.3 Å². The normalized spacial score (nSPS) is 15.5. The van der Waals surface area contributed by atoms with Crippen LogP contribution in [0.25, 0.3) is 0 Å². The van der Waals surface area contributed by atoms with Crippen molar-refractivity contribution < 1.29 is 14.3 Å². The Kier molecular flexibility index (Phi) is 7.29. The van der Waals surface area contributed by atoms with Crippen molar-refractivity contribution in [2.75, 3.05) is 25.5 Å². The number of halogens is 1. The second kappa shape index (κ2) is 10.5. The molecule has 0 spiro atoms. The number of amides is 2. The Morgan fingerprint density at radius 1 is 1.18 bits per heavy atom. The molecule has 8 heteroatoms. The number of rotatable bonds is 8. The molecule has 172 valence electrons. The van der Waals surface area contributed by atoms with Gasteiger partial charge in [-0.1, -0.05) is 48.0 Å². The number of hydrogen-bond donors (Lipinski definition) is 1. The number of nitrogens with zero attached hydrogens (tertiary/aromatic N) is 3. The highest BCUT2D eigenvalue weighted by Crippen LogP contribution is 2.32. The van der Waals surface area contributed by atoms with Crippen molar-refractivity contribution in [3.05, 3.63) is 77.1 Å². The molecule has 1 N–H and O–H groups in total. The highest BCUT2D eigenvalue weighted by atomic mass is 35.5. The summed E-state index contributed by atoms with van der Waals surface area (Å²) in [6.07, 6.45) is 5.03. The Bertz CT molecular complexity index is 1130. The number of anilines is 1. The van der Waals surface area contributed by atoms with Gasteiger partial charge in [0.1, 0.15) is 12.3 Å². The van der Waals surface area contributed by atoms with E-state index in [4.69, 9.17) is 16.3 Å². The molecule has 0 bridgehead atoms. The summed E-state index contributed by atoms with van der Waals surface area (Å²) in [5.74, 6) is 0.907. The molecule has 1 saturated heterocycles. The number of carbonyl (C=O) groups excluding carboxylic acids is 2. The van der Waals surface area contributed by atoms with Gasteiger partial charge in [0.15, 0.2) is 0 Å². The van der Waals surface area contributed by atoms with E-state index in [0.717, 1.165) is 28.3 Å². The van der Waals surface area contributed by atoms with Crippen LogP contribution in [0.15, 0.2) is 60.9 Å². The lowest BCUT2D eigenvalue weighted by Crippen LogP contribution is -2.31. The van der Waals surface area contributed by atoms with Crippen LogP contribution in [-0.4, -0.2) is 46.7 Å². The monoisotopic (exact) mass is 466 g/mol. The Morgan fingerprint density at radius 2 is 1.97 bits per heavy atom. The number of methoxy groups -OCH3 is 1. The first-order valence-electron chi connectivity index (χ1n) is 11.0. The summed E-state index contributed by atoms with van der Waals surface area (Å²) in [7, 11) is 1.62. The molecular weight excluding hydrogens is 440 g/mol. The molecule has 1 aliphatic rings. The fourth-order valence-corrected chi connectivity index (χ4v) is 4.47. The molecule has 1 atom stereocenters. The van der Waals surface area contributed by atoms with Crippen LogP contribution < -0.4 is 10.1 Å². The largest absolute Gasteiger partial charge is 0.496 e. The van der Waals surface area contributed by atoms with Crippen molar-refractivity contribution in [3.8, 4) is 5.75 Å². The van der Waals surface area contributed by atoms with E-state index in [-0.39, 0.29) is 24.3 Å². The van der Waals surface area contributed by atoms with E-state index in [2.05, 4.69) is 10.4 Å². The van der Waals surface area contributed by atoms with Crippen LogP contribution in [0.5, 0.6) is 5.75 Å². The summed E-state index contributed by atoms with van der Waals surface area (Å²) in [5.41, 5.74) is 2.65. The maximum atomic E-state index is 12.8. The molecule has 2 amide bonds. The van der Waals surface area contributed by atoms with Gasteiger partial charge in [-0.15, -0.1) is 0 Å². The maximum absolute atomic E-state index is 12.8. The lowest BCUT2D eigenvalue weighted by Gasteiger charge is -2.17. The molecule has 1 fully saturated rings. The molecule has 7 nitrogen and oxygen atoms in total. The minimum Gasteiger partial charge on any atom is -0.496 e. The first-order chi connectivity index (χ1) is 16.0. The summed E-state index contributed by atoms with van der Waals surface area (Å²) in [6.45, 7) is 1.48. The number of aryl methyl sites for hydroxylation is 1. The van der Waals surface area contributed by atoms with Crippen LogP contribution in [0.4, 0.5) is 5.69 Å². The average molecular weight is 467 g/mol. The van der Waals surface area contributed by atoms with Crippen LogP contribution >= 0.6 is 11.6 Å². The van der Waals surface area contributed by atoms with Crippen LogP contribution in [0, 0.1) is 0 Å². The second-order valence-corrected chi connectivity index (χ2v) is 8.54. The number of benzene rings is 2. The van der Waals surface area contributed by atoms with E-state index >= 15 is 0 Å². The number of nitrogens with one attached hydrogen (secondary N) is 1. The average Bonchev–Trinajstić information content (AvgIpc) is 3.48. The zero-order chi connectivity index (χ0) is 23.2. The predicted molar refractivity (Wildman–Crippen MR) is 128 cm³/mol. The van der Waals surface area contributed by atoms with Gasteiger partial charge < -0.3 is 15.0 Å². The third-order valence-electron chi connectivity index (χ3n) is 5.91. The SMILES string of the molecule is COc1ccccc1CCC(=O)Nc1cnn(CC(=O)N2CCC(c3ccccc3Cl)C2)c1. The van der Waals surface area contributed by atoms with Gasteiger partial charge in [0.05, 0.1) is 19.0 Å². The number of ether oxygens (including phenoxy) is 1. The Labute approximate surface area is 198 Å². The van der Waals surface area contributed by atoms with Crippen LogP contribution in [0.1, 0.15) is 29.9 Å². The molecular formula is C25H27ClN4O3. The Morgan fingerprint density at radius 3 is 2.79 bits per heavy atom. The van der Waals surface area contributed by atoms with Gasteiger partial charge in [0, 0.05) is 36.6 Å². The molecule has 1 aliphatic heterocycles. The van der Waals surface area contributed by atoms with E-state index in [9.17, 15) is 9.59 Å². The number of likely N-dealkylation sites (tertiary alicyclic amines) is 1. The number of hydrogen-bond acceptors (Lipinski definition) is 4. The van der Waals surface area contributed by atoms with Crippen molar-refractivity contribution >= 4 is 29.1 Å². The van der Waals surface area contributed by atoms with Crippen molar-refractivity contribution in [1.82, 2.24) is 14.7 Å². The minimum atomic E-state index is -0.117. The molecule has 2 heterocycles. The van der Waals surface area contributed by atoms with E-state index in [1.165, 1.54) is 0 Å². The summed E-state index contributed by atoms with van der Waals surface area (Å²) >= 11 is 6.32. The highest BCUT2D eigenvalue weighted by molar-refractivity contribution is 6.31. The van der Waals surface area contributed by atoms with Gasteiger partial charge in [-0.25, -0.2) is 0 Å². The third-order valence-corrected chi connectivity index (χ3v) is 6.26. The topological polar surface area (TPSA) is 76.5 Å². The Hall–Kier alpha value is -3.32. The third kappa shape index (κ3) is 5.73. The molecule has 2 aromatic carbocycles. The van der Waals surface area contributed by atoms with Gasteiger partial charge in [-0.05, 0) is 36.1 Å². The van der Waals surface area contributed by atoms with Crippen molar-refractivity contribution in [2.24, 2.45) is 0 Å². The predicted octanol–water partition coefficient (Wildman–Crippen LogP) is 4.13. The molecule has 0 aliphatic carbocycles. The maximum Gasteiger partial charge on any atom is 0.244 e. The standard InChI is InChI=1S/C25H27ClN4O3/c1-33-23-9-5-2-6-18(23)10-11-24(31)28-20-14-27-30(16-20)17-25(32)29-13-12-19(15-29)21-7-3-4-8-22(21)26/h2-9,14,16,19H,10-13,15,17H2,1H3,(H,28,31). The number of para-hydroxylation sites is 1. The zero-order valence-corrected chi connectivity index (χ0v) is 19.3. The minimum absolute atomic E-state index is 0.00158. The summed E-state index contributed by atoms with van der Waals surface area (Å²) in [4.78, 5) is 27.0. The molecule has 0 radical (unpaired) electrons. The molecule has 1 aromatic heterocycles. The van der Waals surface area contributed by atoms with Crippen molar-refractivity contribution in [3.63, 3.8) is 0 Å². The smallest absolute Gasteiger partial charge is 0.244 e. The number of aromatic nitrogens is 2. The van der Waals surface area contributed by atoms with E-state index < -0.39 is 0 Å². The first kappa shape index (κ1) is 22.9. The molecule has 4 rings (SSSR count). The van der Waals surface area contributed by atoms with Crippen LogP contribution in [0.3, 0.4) is 0 Å². The Balaban J connectivity index is 1.27. The fourth-order valence-electron chi connectivity index (χ4n) is 4.18. The molecule has 3 aromatic rings. The molecule has 33 heavy (non-hydrogen) atoms. The van der Waals surface area contributed by atoms with Crippen molar-refractivity contribution in [1.29, 1.82) is 0 Å². The quantitative estimate of drug-likeness (QED) is 0.541. The summed E-state index contributed by atoms with van der Waals surface area (Å²) < 4.78 is 6.88. The van der Waals surface area contributed by atoms with Gasteiger partial charge in [-0.2, -0.15) is 5.10 Å². The fraction of sp³-hybridized carbons (Fsp3) is 0.320. The van der Waals surface area contributed by atoms with Gasteiger partial charge >= 0.3 is 0 Å². The van der Waals surface area contributed by atoms with E-state index in [0.29, 0.717) is 31.6 Å². The molecule has 0 saturated carbocycles.